The zero-order valence-corrected chi connectivity index (χ0v) is 12.9. The van der Waals surface area contributed by atoms with Crippen LogP contribution in [0.3, 0.4) is 0 Å². The predicted molar refractivity (Wildman–Crippen MR) is 77.8 cm³/mol. The van der Waals surface area contributed by atoms with Crippen molar-refractivity contribution in [3.8, 4) is 0 Å². The number of nitro groups is 1. The van der Waals surface area contributed by atoms with Crippen LogP contribution in [0.1, 0.15) is 29.0 Å². The molecular formula is C14H18N4O5. The molecule has 1 aromatic heterocycles. The minimum Gasteiger partial charge on any atom is -0.481 e. The highest BCUT2D eigenvalue weighted by atomic mass is 16.6. The Morgan fingerprint density at radius 3 is 2.52 bits per heavy atom. The van der Waals surface area contributed by atoms with Crippen LogP contribution in [0.5, 0.6) is 0 Å². The average Bonchev–Trinajstić information content (AvgIpc) is 3.12. The van der Waals surface area contributed by atoms with E-state index in [1.54, 1.807) is 0 Å². The van der Waals surface area contributed by atoms with E-state index in [9.17, 15) is 24.8 Å². The normalized spacial score (nSPS) is 24.0. The molecule has 2 aliphatic rings. The Kier molecular flexibility index (Phi) is 3.57. The van der Waals surface area contributed by atoms with Gasteiger partial charge < -0.3 is 10.0 Å². The largest absolute Gasteiger partial charge is 0.481 e. The van der Waals surface area contributed by atoms with Crippen LogP contribution in [0.4, 0.5) is 5.69 Å². The standard InChI is InChI=1S/C14H18N4O5/c1-7-11(18(22)23)12(16(2)15-7)13(19)17-5-9(8-3-4-8)10(6-17)14(20)21/h8-10H,3-6H2,1-2H3,(H,20,21)/t9-,10+/m1/s1. The van der Waals surface area contributed by atoms with E-state index in [4.69, 9.17) is 0 Å². The van der Waals surface area contributed by atoms with Gasteiger partial charge in [-0.3, -0.25) is 24.4 Å². The highest BCUT2D eigenvalue weighted by molar-refractivity contribution is 5.97. The van der Waals surface area contributed by atoms with Gasteiger partial charge in [-0.1, -0.05) is 0 Å². The molecule has 23 heavy (non-hydrogen) atoms. The monoisotopic (exact) mass is 322 g/mol. The number of aliphatic carboxylic acids is 1. The van der Waals surface area contributed by atoms with Gasteiger partial charge in [-0.2, -0.15) is 5.10 Å². The molecular weight excluding hydrogens is 304 g/mol. The van der Waals surface area contributed by atoms with Crippen LogP contribution in [-0.2, 0) is 11.8 Å². The lowest BCUT2D eigenvalue weighted by molar-refractivity contribution is -0.385. The highest BCUT2D eigenvalue weighted by Gasteiger charge is 2.48. The molecule has 2 atom stereocenters. The van der Waals surface area contributed by atoms with Crippen molar-refractivity contribution in [2.75, 3.05) is 13.1 Å². The Balaban J connectivity index is 1.90. The summed E-state index contributed by atoms with van der Waals surface area (Å²) in [6, 6.07) is 0. The highest BCUT2D eigenvalue weighted by Crippen LogP contribution is 2.44. The van der Waals surface area contributed by atoms with Gasteiger partial charge in [0.1, 0.15) is 5.69 Å². The van der Waals surface area contributed by atoms with E-state index in [0.717, 1.165) is 12.8 Å². The lowest BCUT2D eigenvalue weighted by atomic mass is 9.92. The first-order valence-corrected chi connectivity index (χ1v) is 7.51. The van der Waals surface area contributed by atoms with E-state index < -0.39 is 22.7 Å². The third kappa shape index (κ3) is 2.55. The number of carboxylic acid groups (broad SMARTS) is 1. The summed E-state index contributed by atoms with van der Waals surface area (Å²) in [4.78, 5) is 36.2. The Hall–Kier alpha value is -2.45. The van der Waals surface area contributed by atoms with Gasteiger partial charge in [0.15, 0.2) is 0 Å². The van der Waals surface area contributed by atoms with E-state index >= 15 is 0 Å². The molecule has 9 heteroatoms. The SMILES string of the molecule is Cc1nn(C)c(C(=O)N2C[C@H](C(=O)O)[C@@H](C3CC3)C2)c1[N+](=O)[O-]. The fourth-order valence-corrected chi connectivity index (χ4v) is 3.51. The molecule has 1 aliphatic heterocycles. The van der Waals surface area contributed by atoms with Crippen molar-refractivity contribution in [1.82, 2.24) is 14.7 Å². The Labute approximate surface area is 132 Å². The molecule has 2 fully saturated rings. The van der Waals surface area contributed by atoms with Gasteiger partial charge in [0.25, 0.3) is 5.91 Å². The molecule has 3 rings (SSSR count). The van der Waals surface area contributed by atoms with Crippen LogP contribution in [0.25, 0.3) is 0 Å². The number of carboxylic acids is 1. The first kappa shape index (κ1) is 15.4. The van der Waals surface area contributed by atoms with Crippen molar-refractivity contribution >= 4 is 17.6 Å². The smallest absolute Gasteiger partial charge is 0.322 e. The van der Waals surface area contributed by atoms with Crippen molar-refractivity contribution in [1.29, 1.82) is 0 Å². The molecule has 0 unspecified atom stereocenters. The van der Waals surface area contributed by atoms with Crippen LogP contribution in [0, 0.1) is 34.8 Å². The van der Waals surface area contributed by atoms with Crippen LogP contribution in [-0.4, -0.2) is 49.7 Å². The van der Waals surface area contributed by atoms with Gasteiger partial charge in [0.2, 0.25) is 5.69 Å². The number of carbonyl (C=O) groups excluding carboxylic acids is 1. The molecule has 0 bridgehead atoms. The average molecular weight is 322 g/mol. The number of nitrogens with zero attached hydrogens (tertiary/aromatic N) is 4. The van der Waals surface area contributed by atoms with Crippen LogP contribution in [0.15, 0.2) is 0 Å². The van der Waals surface area contributed by atoms with Gasteiger partial charge in [0, 0.05) is 20.1 Å². The number of aromatic nitrogens is 2. The third-order valence-electron chi connectivity index (χ3n) is 4.77. The maximum Gasteiger partial charge on any atom is 0.322 e. The molecule has 9 nitrogen and oxygen atoms in total. The van der Waals surface area contributed by atoms with E-state index in [0.29, 0.717) is 12.5 Å². The number of aryl methyl sites for hydroxylation is 2. The van der Waals surface area contributed by atoms with Gasteiger partial charge in [0.05, 0.1) is 10.8 Å². The lowest BCUT2D eigenvalue weighted by Gasteiger charge is -2.15. The fraction of sp³-hybridized carbons (Fsp3) is 0.643. The van der Waals surface area contributed by atoms with Gasteiger partial charge in [-0.25, -0.2) is 0 Å². The van der Waals surface area contributed by atoms with Gasteiger partial charge in [-0.05, 0) is 31.6 Å². The van der Waals surface area contributed by atoms with Crippen molar-refractivity contribution in [3.63, 3.8) is 0 Å². The van der Waals surface area contributed by atoms with E-state index in [1.807, 2.05) is 0 Å². The summed E-state index contributed by atoms with van der Waals surface area (Å²) in [5, 5.41) is 24.5. The summed E-state index contributed by atoms with van der Waals surface area (Å²) < 4.78 is 1.20. The Bertz CT molecular complexity index is 694. The second kappa shape index (κ2) is 5.32. The first-order chi connectivity index (χ1) is 10.8. The van der Waals surface area contributed by atoms with Crippen LogP contribution in [0.2, 0.25) is 0 Å². The first-order valence-electron chi connectivity index (χ1n) is 7.51. The second-order valence-corrected chi connectivity index (χ2v) is 6.32. The summed E-state index contributed by atoms with van der Waals surface area (Å²) >= 11 is 0. The second-order valence-electron chi connectivity index (χ2n) is 6.32. The van der Waals surface area contributed by atoms with E-state index in [2.05, 4.69) is 5.10 Å². The lowest BCUT2D eigenvalue weighted by Crippen LogP contribution is -2.31. The number of hydrogen-bond donors (Lipinski definition) is 1. The molecule has 0 spiro atoms. The van der Waals surface area contributed by atoms with Gasteiger partial charge in [-0.15, -0.1) is 0 Å². The van der Waals surface area contributed by atoms with Crippen molar-refractivity contribution in [3.05, 3.63) is 21.5 Å². The summed E-state index contributed by atoms with van der Waals surface area (Å²) in [7, 11) is 1.48. The van der Waals surface area contributed by atoms with Crippen molar-refractivity contribution in [2.45, 2.75) is 19.8 Å². The molecule has 2 heterocycles. The maximum absolute atomic E-state index is 12.7. The molecule has 0 aromatic carbocycles. The van der Waals surface area contributed by atoms with Crippen molar-refractivity contribution in [2.24, 2.45) is 24.8 Å². The number of amides is 1. The molecule has 1 saturated heterocycles. The Morgan fingerprint density at radius 1 is 1.35 bits per heavy atom. The summed E-state index contributed by atoms with van der Waals surface area (Å²) in [5.74, 6) is -1.75. The molecule has 0 radical (unpaired) electrons. The van der Waals surface area contributed by atoms with Crippen LogP contribution >= 0.6 is 0 Å². The predicted octanol–water partition coefficient (Wildman–Crippen LogP) is 0.820. The quantitative estimate of drug-likeness (QED) is 0.647. The minimum atomic E-state index is -0.909. The van der Waals surface area contributed by atoms with E-state index in [1.165, 1.54) is 23.6 Å². The number of carbonyl (C=O) groups is 2. The Morgan fingerprint density at radius 2 is 2.00 bits per heavy atom. The molecule has 1 aromatic rings. The fourth-order valence-electron chi connectivity index (χ4n) is 3.51. The topological polar surface area (TPSA) is 119 Å². The zero-order chi connectivity index (χ0) is 16.9. The van der Waals surface area contributed by atoms with Crippen LogP contribution < -0.4 is 0 Å². The minimum absolute atomic E-state index is 0.0650. The zero-order valence-electron chi connectivity index (χ0n) is 12.9. The molecule has 1 amide bonds. The van der Waals surface area contributed by atoms with E-state index in [-0.39, 0.29) is 29.5 Å². The van der Waals surface area contributed by atoms with Crippen molar-refractivity contribution < 1.29 is 19.6 Å². The molecule has 1 saturated carbocycles. The summed E-state index contributed by atoms with van der Waals surface area (Å²) in [6.07, 6.45) is 1.98. The molecule has 124 valence electrons. The number of likely N-dealkylation sites (tertiary alicyclic amines) is 1. The number of hydrogen-bond acceptors (Lipinski definition) is 5. The summed E-state index contributed by atoms with van der Waals surface area (Å²) in [5.41, 5.74) is -0.221. The summed E-state index contributed by atoms with van der Waals surface area (Å²) in [6.45, 7) is 1.91. The third-order valence-corrected chi connectivity index (χ3v) is 4.77. The van der Waals surface area contributed by atoms with Gasteiger partial charge >= 0.3 is 11.7 Å². The number of rotatable bonds is 4. The maximum atomic E-state index is 12.7. The molecule has 1 aliphatic carbocycles. The molecule has 1 N–H and O–H groups in total.